The van der Waals surface area contributed by atoms with E-state index >= 15 is 0 Å². The summed E-state index contributed by atoms with van der Waals surface area (Å²) in [4.78, 5) is 31.2. The second-order valence-corrected chi connectivity index (χ2v) is 9.28. The van der Waals surface area contributed by atoms with E-state index in [4.69, 9.17) is 16.3 Å². The number of halogens is 1. The van der Waals surface area contributed by atoms with E-state index in [2.05, 4.69) is 20.4 Å². The van der Waals surface area contributed by atoms with Gasteiger partial charge in [0.15, 0.2) is 5.82 Å². The number of amides is 3. The number of carbonyl (C=O) groups is 2. The van der Waals surface area contributed by atoms with Gasteiger partial charge in [-0.1, -0.05) is 36.7 Å². The Morgan fingerprint density at radius 1 is 1.14 bits per heavy atom. The van der Waals surface area contributed by atoms with Crippen LogP contribution in [0.2, 0.25) is 5.02 Å². The van der Waals surface area contributed by atoms with Crippen molar-refractivity contribution >= 4 is 29.4 Å². The van der Waals surface area contributed by atoms with Crippen molar-refractivity contribution in [2.75, 3.05) is 57.3 Å². The van der Waals surface area contributed by atoms with Crippen LogP contribution in [0, 0.1) is 0 Å². The van der Waals surface area contributed by atoms with Crippen molar-refractivity contribution in [1.29, 1.82) is 0 Å². The molecular formula is C25H33ClN6O3. The van der Waals surface area contributed by atoms with Gasteiger partial charge in [-0.3, -0.25) is 4.79 Å². The van der Waals surface area contributed by atoms with E-state index in [1.165, 1.54) is 0 Å². The highest BCUT2D eigenvalue weighted by Gasteiger charge is 2.28. The summed E-state index contributed by atoms with van der Waals surface area (Å²) in [5.74, 6) is 0.723. The number of hydrogen-bond donors (Lipinski definition) is 1. The summed E-state index contributed by atoms with van der Waals surface area (Å²) in [6.07, 6.45) is 2.75. The maximum absolute atomic E-state index is 13.0. The molecule has 2 saturated heterocycles. The minimum Gasteiger partial charge on any atom is -0.376 e. The van der Waals surface area contributed by atoms with Gasteiger partial charge in [0.2, 0.25) is 5.91 Å². The van der Waals surface area contributed by atoms with E-state index in [1.807, 2.05) is 48.2 Å². The average molecular weight is 501 g/mol. The zero-order valence-corrected chi connectivity index (χ0v) is 20.9. The molecule has 3 amide bonds. The molecule has 0 unspecified atom stereocenters. The molecule has 0 aliphatic carbocycles. The Labute approximate surface area is 211 Å². The lowest BCUT2D eigenvalue weighted by molar-refractivity contribution is -0.132. The largest absolute Gasteiger partial charge is 0.376 e. The van der Waals surface area contributed by atoms with Crippen LogP contribution < -0.4 is 10.2 Å². The molecule has 3 heterocycles. The number of nitrogens with zero attached hydrogens (tertiary/aromatic N) is 5. The highest BCUT2D eigenvalue weighted by Crippen LogP contribution is 2.26. The molecule has 1 aromatic carbocycles. The minimum absolute atomic E-state index is 0.000614. The first-order valence-electron chi connectivity index (χ1n) is 12.3. The highest BCUT2D eigenvalue weighted by molar-refractivity contribution is 6.33. The third kappa shape index (κ3) is 6.61. The van der Waals surface area contributed by atoms with Gasteiger partial charge in [-0.05, 0) is 37.5 Å². The Balaban J connectivity index is 1.31. The molecule has 1 aromatic heterocycles. The van der Waals surface area contributed by atoms with Crippen LogP contribution in [0.1, 0.15) is 26.2 Å². The molecule has 188 valence electrons. The van der Waals surface area contributed by atoms with Crippen LogP contribution in [0.5, 0.6) is 0 Å². The summed E-state index contributed by atoms with van der Waals surface area (Å²) >= 11 is 6.27. The number of anilines is 1. The molecule has 2 aromatic rings. The number of piperazine rings is 1. The molecule has 0 bridgehead atoms. The number of hydrogen-bond acceptors (Lipinski definition) is 6. The molecular weight excluding hydrogens is 468 g/mol. The van der Waals surface area contributed by atoms with Crippen molar-refractivity contribution in [1.82, 2.24) is 25.3 Å². The normalized spacial score (nSPS) is 17.9. The van der Waals surface area contributed by atoms with Crippen LogP contribution in [0.3, 0.4) is 0 Å². The number of ether oxygens (including phenoxy) is 1. The van der Waals surface area contributed by atoms with E-state index in [0.717, 1.165) is 36.3 Å². The SMILES string of the molecule is CCCNC(=O)N(CC(=O)N1CCN(c2ccc(-c3ccccc3Cl)nn2)CC1)C[C@H]1CCCO1. The topological polar surface area (TPSA) is 90.9 Å². The smallest absolute Gasteiger partial charge is 0.317 e. The quantitative estimate of drug-likeness (QED) is 0.599. The van der Waals surface area contributed by atoms with Crippen molar-refractivity contribution in [3.63, 3.8) is 0 Å². The van der Waals surface area contributed by atoms with Crippen molar-refractivity contribution in [2.45, 2.75) is 32.3 Å². The molecule has 2 aliphatic rings. The van der Waals surface area contributed by atoms with Gasteiger partial charge in [-0.2, -0.15) is 0 Å². The Kier molecular flexibility index (Phi) is 8.76. The fourth-order valence-electron chi connectivity index (χ4n) is 4.35. The number of carbonyl (C=O) groups excluding carboxylic acids is 2. The minimum atomic E-state index is -0.205. The third-order valence-electron chi connectivity index (χ3n) is 6.34. The average Bonchev–Trinajstić information content (AvgIpc) is 3.40. The first kappa shape index (κ1) is 25.2. The maximum Gasteiger partial charge on any atom is 0.317 e. The van der Waals surface area contributed by atoms with Crippen LogP contribution in [-0.2, 0) is 9.53 Å². The first-order valence-corrected chi connectivity index (χ1v) is 12.7. The van der Waals surface area contributed by atoms with Crippen molar-refractivity contribution in [2.24, 2.45) is 0 Å². The van der Waals surface area contributed by atoms with Gasteiger partial charge in [0.1, 0.15) is 6.54 Å². The molecule has 0 radical (unpaired) electrons. The molecule has 1 atom stereocenters. The Hall–Kier alpha value is -2.91. The molecule has 35 heavy (non-hydrogen) atoms. The second kappa shape index (κ2) is 12.2. The third-order valence-corrected chi connectivity index (χ3v) is 6.67. The van der Waals surface area contributed by atoms with Crippen LogP contribution in [0.25, 0.3) is 11.3 Å². The summed E-state index contributed by atoms with van der Waals surface area (Å²) in [6, 6.07) is 11.2. The zero-order valence-electron chi connectivity index (χ0n) is 20.2. The Morgan fingerprint density at radius 3 is 2.60 bits per heavy atom. The molecule has 1 N–H and O–H groups in total. The van der Waals surface area contributed by atoms with Crippen LogP contribution >= 0.6 is 11.6 Å². The monoisotopic (exact) mass is 500 g/mol. The summed E-state index contributed by atoms with van der Waals surface area (Å²) in [6.45, 7) is 6.24. The molecule has 2 aliphatic heterocycles. The van der Waals surface area contributed by atoms with Crippen LogP contribution in [0.15, 0.2) is 36.4 Å². The molecule has 4 rings (SSSR count). The zero-order chi connectivity index (χ0) is 24.6. The van der Waals surface area contributed by atoms with Gasteiger partial charge in [0, 0.05) is 51.4 Å². The van der Waals surface area contributed by atoms with Crippen molar-refractivity contribution in [3.05, 3.63) is 41.4 Å². The number of benzene rings is 1. The van der Waals surface area contributed by atoms with E-state index in [9.17, 15) is 9.59 Å². The highest BCUT2D eigenvalue weighted by atomic mass is 35.5. The van der Waals surface area contributed by atoms with Gasteiger partial charge < -0.3 is 24.8 Å². The summed E-state index contributed by atoms with van der Waals surface area (Å²) < 4.78 is 5.70. The van der Waals surface area contributed by atoms with Gasteiger partial charge in [-0.15, -0.1) is 10.2 Å². The molecule has 10 heteroatoms. The standard InChI is InChI=1S/C25H33ClN6O3/c1-2-11-27-25(34)32(17-19-6-5-16-35-19)18-24(33)31-14-12-30(13-15-31)23-10-9-22(28-29-23)20-7-3-4-8-21(20)26/h3-4,7-10,19H,2,5-6,11-18H2,1H3,(H,27,34)/t19-/m1/s1. The van der Waals surface area contributed by atoms with Gasteiger partial charge in [-0.25, -0.2) is 4.79 Å². The van der Waals surface area contributed by atoms with Gasteiger partial charge >= 0.3 is 6.03 Å². The predicted octanol–water partition coefficient (Wildman–Crippen LogP) is 3.05. The Morgan fingerprint density at radius 2 is 1.94 bits per heavy atom. The fourth-order valence-corrected chi connectivity index (χ4v) is 4.58. The number of aromatic nitrogens is 2. The lowest BCUT2D eigenvalue weighted by Crippen LogP contribution is -2.54. The summed E-state index contributed by atoms with van der Waals surface area (Å²) in [7, 11) is 0. The van der Waals surface area contributed by atoms with E-state index in [-0.39, 0.29) is 24.6 Å². The van der Waals surface area contributed by atoms with Gasteiger partial charge in [0.05, 0.1) is 16.8 Å². The molecule has 2 fully saturated rings. The maximum atomic E-state index is 13.0. The molecule has 9 nitrogen and oxygen atoms in total. The fraction of sp³-hybridized carbons (Fsp3) is 0.520. The van der Waals surface area contributed by atoms with Crippen LogP contribution in [0.4, 0.5) is 10.6 Å². The lowest BCUT2D eigenvalue weighted by atomic mass is 10.1. The number of rotatable bonds is 8. The molecule has 0 spiro atoms. The molecule has 0 saturated carbocycles. The van der Waals surface area contributed by atoms with E-state index in [1.54, 1.807) is 4.90 Å². The number of nitrogens with one attached hydrogen (secondary N) is 1. The van der Waals surface area contributed by atoms with Crippen LogP contribution in [-0.4, -0.2) is 90.5 Å². The summed E-state index contributed by atoms with van der Waals surface area (Å²) in [5.41, 5.74) is 1.57. The van der Waals surface area contributed by atoms with Crippen molar-refractivity contribution in [3.8, 4) is 11.3 Å². The predicted molar refractivity (Wildman–Crippen MR) is 136 cm³/mol. The van der Waals surface area contributed by atoms with Crippen molar-refractivity contribution < 1.29 is 14.3 Å². The first-order chi connectivity index (χ1) is 17.0. The Bertz CT molecular complexity index is 991. The number of urea groups is 1. The second-order valence-electron chi connectivity index (χ2n) is 8.87. The van der Waals surface area contributed by atoms with E-state index < -0.39 is 0 Å². The summed E-state index contributed by atoms with van der Waals surface area (Å²) in [5, 5.41) is 12.3. The lowest BCUT2D eigenvalue weighted by Gasteiger charge is -2.36. The van der Waals surface area contributed by atoms with E-state index in [0.29, 0.717) is 50.9 Å². The van der Waals surface area contributed by atoms with Gasteiger partial charge in [0.25, 0.3) is 0 Å².